The molecule has 3 nitrogen and oxygen atoms in total. The maximum absolute atomic E-state index is 12.1. The lowest BCUT2D eigenvalue weighted by Gasteiger charge is -2.25. The summed E-state index contributed by atoms with van der Waals surface area (Å²) in [6.45, 7) is 0. The molecule has 1 aliphatic rings. The predicted molar refractivity (Wildman–Crippen MR) is 72.8 cm³/mol. The molecular weight excluding hydrogens is 268 g/mol. The molecule has 0 saturated heterocycles. The Hall–Kier alpha value is -1.05. The maximum atomic E-state index is 12.1. The molecule has 0 aliphatic heterocycles. The smallest absolute Gasteiger partial charge is 0.262 e. The summed E-state index contributed by atoms with van der Waals surface area (Å²) < 4.78 is 0.590. The van der Waals surface area contributed by atoms with Crippen molar-refractivity contribution in [1.29, 1.82) is 5.26 Å². The number of halogens is 1. The minimum Gasteiger partial charge on any atom is -0.333 e. The Labute approximate surface area is 116 Å². The van der Waals surface area contributed by atoms with Crippen LogP contribution >= 0.6 is 22.9 Å². The van der Waals surface area contributed by atoms with Crippen molar-refractivity contribution in [3.05, 3.63) is 21.3 Å². The van der Waals surface area contributed by atoms with E-state index in [9.17, 15) is 10.1 Å². The first-order chi connectivity index (χ1) is 8.65. The molecule has 96 valence electrons. The van der Waals surface area contributed by atoms with E-state index in [0.717, 1.165) is 38.5 Å². The molecule has 0 radical (unpaired) electrons. The van der Waals surface area contributed by atoms with Crippen molar-refractivity contribution in [3.63, 3.8) is 0 Å². The third-order valence-corrected chi connectivity index (χ3v) is 4.55. The molecule has 0 unspecified atom stereocenters. The van der Waals surface area contributed by atoms with E-state index in [0.29, 0.717) is 9.21 Å². The van der Waals surface area contributed by atoms with E-state index in [4.69, 9.17) is 11.6 Å². The van der Waals surface area contributed by atoms with Crippen LogP contribution in [0, 0.1) is 11.3 Å². The summed E-state index contributed by atoms with van der Waals surface area (Å²) >= 11 is 7.06. The number of hydrogen-bond acceptors (Lipinski definition) is 3. The van der Waals surface area contributed by atoms with Crippen LogP contribution in [-0.4, -0.2) is 11.4 Å². The van der Waals surface area contributed by atoms with Crippen molar-refractivity contribution in [2.75, 3.05) is 0 Å². The second-order valence-corrected chi connectivity index (χ2v) is 6.38. The van der Waals surface area contributed by atoms with Gasteiger partial charge in [-0.25, -0.2) is 0 Å². The highest BCUT2D eigenvalue weighted by molar-refractivity contribution is 7.18. The van der Waals surface area contributed by atoms with Crippen LogP contribution in [-0.2, 0) is 0 Å². The quantitative estimate of drug-likeness (QED) is 0.840. The Kier molecular flexibility index (Phi) is 4.26. The number of rotatable bonds is 2. The molecular formula is C13H15ClN2OS. The first-order valence-corrected chi connectivity index (χ1v) is 7.34. The van der Waals surface area contributed by atoms with Gasteiger partial charge >= 0.3 is 0 Å². The highest BCUT2D eigenvalue weighted by Gasteiger charge is 2.33. The van der Waals surface area contributed by atoms with Crippen LogP contribution in [0.1, 0.15) is 48.2 Å². The summed E-state index contributed by atoms with van der Waals surface area (Å²) in [7, 11) is 0. The number of nitrogens with one attached hydrogen (secondary N) is 1. The minimum absolute atomic E-state index is 0.185. The number of amides is 1. The topological polar surface area (TPSA) is 52.9 Å². The van der Waals surface area contributed by atoms with Gasteiger partial charge in [-0.15, -0.1) is 11.3 Å². The van der Waals surface area contributed by atoms with Gasteiger partial charge in [0.1, 0.15) is 5.54 Å². The second kappa shape index (κ2) is 5.73. The zero-order valence-electron chi connectivity index (χ0n) is 10.0. The molecule has 0 atom stereocenters. The molecule has 0 bridgehead atoms. The number of hydrogen-bond donors (Lipinski definition) is 1. The number of nitriles is 1. The Morgan fingerprint density at radius 1 is 1.33 bits per heavy atom. The standard InChI is InChI=1S/C13H15ClN2OS/c14-11-6-5-10(18-11)12(17)16-13(9-15)7-3-1-2-4-8-13/h5-6H,1-4,7-8H2,(H,16,17). The van der Waals surface area contributed by atoms with Crippen LogP contribution in [0.15, 0.2) is 12.1 Å². The Morgan fingerprint density at radius 3 is 2.50 bits per heavy atom. The Bertz CT molecular complexity index is 470. The first-order valence-electron chi connectivity index (χ1n) is 6.14. The highest BCUT2D eigenvalue weighted by Crippen LogP contribution is 2.28. The summed E-state index contributed by atoms with van der Waals surface area (Å²) in [4.78, 5) is 12.7. The molecule has 1 heterocycles. The highest BCUT2D eigenvalue weighted by atomic mass is 35.5. The van der Waals surface area contributed by atoms with E-state index in [2.05, 4.69) is 11.4 Å². The van der Waals surface area contributed by atoms with Gasteiger partial charge in [0.25, 0.3) is 5.91 Å². The predicted octanol–water partition coefficient (Wildman–Crippen LogP) is 3.75. The van der Waals surface area contributed by atoms with E-state index in [1.807, 2.05) is 0 Å². The van der Waals surface area contributed by atoms with Crippen molar-refractivity contribution in [3.8, 4) is 6.07 Å². The van der Waals surface area contributed by atoms with Gasteiger partial charge in [0, 0.05) is 0 Å². The molecule has 2 rings (SSSR count). The normalized spacial score (nSPS) is 18.7. The van der Waals surface area contributed by atoms with Crippen LogP contribution in [0.2, 0.25) is 4.34 Å². The molecule has 1 aliphatic carbocycles. The summed E-state index contributed by atoms with van der Waals surface area (Å²) in [5.74, 6) is -0.185. The molecule has 1 amide bonds. The van der Waals surface area contributed by atoms with Crippen molar-refractivity contribution >= 4 is 28.8 Å². The fourth-order valence-electron chi connectivity index (χ4n) is 2.31. The molecule has 1 fully saturated rings. The molecule has 1 aromatic rings. The molecule has 0 spiro atoms. The van der Waals surface area contributed by atoms with Gasteiger partial charge < -0.3 is 5.32 Å². The lowest BCUT2D eigenvalue weighted by atomic mass is 9.92. The van der Waals surface area contributed by atoms with E-state index in [-0.39, 0.29) is 5.91 Å². The van der Waals surface area contributed by atoms with E-state index >= 15 is 0 Å². The van der Waals surface area contributed by atoms with Crippen molar-refractivity contribution in [2.24, 2.45) is 0 Å². The number of thiophene rings is 1. The summed E-state index contributed by atoms with van der Waals surface area (Å²) in [6, 6.07) is 5.70. The van der Waals surface area contributed by atoms with Gasteiger partial charge in [0.05, 0.1) is 15.3 Å². The van der Waals surface area contributed by atoms with Crippen LogP contribution in [0.5, 0.6) is 0 Å². The van der Waals surface area contributed by atoms with Gasteiger partial charge in [-0.3, -0.25) is 4.79 Å². The van der Waals surface area contributed by atoms with Gasteiger partial charge in [-0.05, 0) is 25.0 Å². The van der Waals surface area contributed by atoms with Crippen molar-refractivity contribution in [1.82, 2.24) is 5.32 Å². The van der Waals surface area contributed by atoms with Gasteiger partial charge in [-0.2, -0.15) is 5.26 Å². The average molecular weight is 283 g/mol. The molecule has 1 N–H and O–H groups in total. The van der Waals surface area contributed by atoms with Gasteiger partial charge in [-0.1, -0.05) is 37.3 Å². The largest absolute Gasteiger partial charge is 0.333 e. The third kappa shape index (κ3) is 3.04. The lowest BCUT2D eigenvalue weighted by Crippen LogP contribution is -2.46. The molecule has 1 saturated carbocycles. The van der Waals surface area contributed by atoms with Gasteiger partial charge in [0.2, 0.25) is 0 Å². The molecule has 5 heteroatoms. The summed E-state index contributed by atoms with van der Waals surface area (Å²) in [5, 5.41) is 12.3. The SMILES string of the molecule is N#CC1(NC(=O)c2ccc(Cl)s2)CCCCCC1. The molecule has 0 aromatic carbocycles. The monoisotopic (exact) mass is 282 g/mol. The number of carbonyl (C=O) groups is 1. The average Bonchev–Trinajstić information content (AvgIpc) is 2.66. The second-order valence-electron chi connectivity index (χ2n) is 4.67. The fourth-order valence-corrected chi connectivity index (χ4v) is 3.25. The maximum Gasteiger partial charge on any atom is 0.262 e. The number of nitrogens with zero attached hydrogens (tertiary/aromatic N) is 1. The van der Waals surface area contributed by atoms with Crippen LogP contribution in [0.4, 0.5) is 0 Å². The Morgan fingerprint density at radius 2 is 2.00 bits per heavy atom. The minimum atomic E-state index is -0.690. The lowest BCUT2D eigenvalue weighted by molar-refractivity contribution is 0.0917. The van der Waals surface area contributed by atoms with E-state index in [1.54, 1.807) is 12.1 Å². The van der Waals surface area contributed by atoms with Crippen LogP contribution < -0.4 is 5.32 Å². The third-order valence-electron chi connectivity index (χ3n) is 3.32. The van der Waals surface area contributed by atoms with Crippen LogP contribution in [0.25, 0.3) is 0 Å². The van der Waals surface area contributed by atoms with Crippen molar-refractivity contribution < 1.29 is 4.79 Å². The molecule has 1 aromatic heterocycles. The zero-order chi connectivity index (χ0) is 13.0. The van der Waals surface area contributed by atoms with Gasteiger partial charge in [0.15, 0.2) is 0 Å². The zero-order valence-corrected chi connectivity index (χ0v) is 11.6. The summed E-state index contributed by atoms with van der Waals surface area (Å²) in [6.07, 6.45) is 5.77. The molecule has 18 heavy (non-hydrogen) atoms. The van der Waals surface area contributed by atoms with E-state index < -0.39 is 5.54 Å². The van der Waals surface area contributed by atoms with E-state index in [1.165, 1.54) is 11.3 Å². The van der Waals surface area contributed by atoms with Crippen molar-refractivity contribution in [2.45, 2.75) is 44.1 Å². The first kappa shape index (κ1) is 13.4. The summed E-state index contributed by atoms with van der Waals surface area (Å²) in [5.41, 5.74) is -0.690. The fraction of sp³-hybridized carbons (Fsp3) is 0.538. The number of carbonyl (C=O) groups excluding carboxylic acids is 1. The van der Waals surface area contributed by atoms with Crippen LogP contribution in [0.3, 0.4) is 0 Å². The Balaban J connectivity index is 2.10.